The van der Waals surface area contributed by atoms with Crippen LogP contribution >= 0.6 is 24.0 Å². The predicted octanol–water partition coefficient (Wildman–Crippen LogP) is 2.45. The molecular formula is C17H26IN3O2. The number of esters is 1. The van der Waals surface area contributed by atoms with E-state index in [2.05, 4.69) is 50.7 Å². The van der Waals surface area contributed by atoms with E-state index in [1.165, 1.54) is 31.9 Å². The van der Waals surface area contributed by atoms with Crippen molar-refractivity contribution in [3.63, 3.8) is 0 Å². The summed E-state index contributed by atoms with van der Waals surface area (Å²) in [6.45, 7) is 1.37. The molecule has 23 heavy (non-hydrogen) atoms. The molecule has 2 rings (SSSR count). The molecule has 0 atom stereocenters. The Kier molecular flexibility index (Phi) is 8.36. The second-order valence-electron chi connectivity index (χ2n) is 5.68. The topological polar surface area (TPSA) is 62.7 Å². The van der Waals surface area contributed by atoms with Gasteiger partial charge in [0, 0.05) is 25.6 Å². The van der Waals surface area contributed by atoms with Crippen LogP contribution in [0.25, 0.3) is 0 Å². The van der Waals surface area contributed by atoms with Crippen molar-refractivity contribution >= 4 is 35.9 Å². The fourth-order valence-corrected chi connectivity index (χ4v) is 2.82. The van der Waals surface area contributed by atoms with Gasteiger partial charge in [-0.25, -0.2) is 0 Å². The van der Waals surface area contributed by atoms with Gasteiger partial charge in [0.05, 0.1) is 13.5 Å². The van der Waals surface area contributed by atoms with Crippen molar-refractivity contribution in [2.75, 3.05) is 27.2 Å². The number of nitrogens with one attached hydrogen (secondary N) is 2. The van der Waals surface area contributed by atoms with Crippen molar-refractivity contribution in [1.82, 2.24) is 10.6 Å². The lowest BCUT2D eigenvalue weighted by Gasteiger charge is -2.43. The van der Waals surface area contributed by atoms with E-state index in [0.717, 1.165) is 12.5 Å². The van der Waals surface area contributed by atoms with Crippen LogP contribution in [-0.2, 0) is 14.9 Å². The van der Waals surface area contributed by atoms with Crippen molar-refractivity contribution in [3.05, 3.63) is 35.9 Å². The third-order valence-electron chi connectivity index (χ3n) is 4.36. The van der Waals surface area contributed by atoms with Gasteiger partial charge in [-0.3, -0.25) is 9.79 Å². The fraction of sp³-hybridized carbons (Fsp3) is 0.529. The van der Waals surface area contributed by atoms with Crippen molar-refractivity contribution in [2.24, 2.45) is 4.99 Å². The van der Waals surface area contributed by atoms with Crippen LogP contribution in [0.1, 0.15) is 31.2 Å². The third kappa shape index (κ3) is 5.37. The molecule has 0 unspecified atom stereocenters. The highest BCUT2D eigenvalue weighted by atomic mass is 127. The fourth-order valence-electron chi connectivity index (χ4n) is 2.82. The first-order valence-corrected chi connectivity index (χ1v) is 7.77. The Morgan fingerprint density at radius 1 is 1.26 bits per heavy atom. The van der Waals surface area contributed by atoms with E-state index in [0.29, 0.717) is 13.0 Å². The highest BCUT2D eigenvalue weighted by Gasteiger charge is 2.38. The van der Waals surface area contributed by atoms with Crippen LogP contribution in [0.4, 0.5) is 0 Å². The van der Waals surface area contributed by atoms with Crippen LogP contribution in [0.5, 0.6) is 0 Å². The molecule has 0 heterocycles. The van der Waals surface area contributed by atoms with Crippen molar-refractivity contribution in [1.29, 1.82) is 0 Å². The number of halogens is 1. The molecule has 1 saturated carbocycles. The van der Waals surface area contributed by atoms with Gasteiger partial charge in [-0.2, -0.15) is 0 Å². The van der Waals surface area contributed by atoms with Gasteiger partial charge in [0.25, 0.3) is 0 Å². The Bertz CT molecular complexity index is 516. The molecule has 0 spiro atoms. The summed E-state index contributed by atoms with van der Waals surface area (Å²) in [7, 11) is 3.14. The first kappa shape index (κ1) is 19.7. The number of benzene rings is 1. The summed E-state index contributed by atoms with van der Waals surface area (Å²) in [5.74, 6) is 0.508. The number of carbonyl (C=O) groups is 1. The Labute approximate surface area is 155 Å². The Morgan fingerprint density at radius 3 is 2.48 bits per heavy atom. The molecule has 0 saturated heterocycles. The maximum Gasteiger partial charge on any atom is 0.307 e. The van der Waals surface area contributed by atoms with Gasteiger partial charge in [0.1, 0.15) is 0 Å². The summed E-state index contributed by atoms with van der Waals surface area (Å²) < 4.78 is 4.63. The molecule has 1 aliphatic rings. The molecule has 0 aliphatic heterocycles. The number of aliphatic imine (C=N–C) groups is 1. The summed E-state index contributed by atoms with van der Waals surface area (Å²) in [4.78, 5) is 15.3. The maximum absolute atomic E-state index is 11.1. The van der Waals surface area contributed by atoms with E-state index < -0.39 is 0 Å². The lowest BCUT2D eigenvalue weighted by atomic mass is 9.64. The SMILES string of the molecule is CN=C(NCCC(=O)OC)NCC1(c2ccccc2)CCC1.I. The molecule has 1 aromatic carbocycles. The zero-order valence-corrected chi connectivity index (χ0v) is 16.1. The van der Waals surface area contributed by atoms with Gasteiger partial charge in [0.15, 0.2) is 5.96 Å². The third-order valence-corrected chi connectivity index (χ3v) is 4.36. The standard InChI is InChI=1S/C17H25N3O2.HI/c1-18-16(19-12-9-15(21)22-2)20-13-17(10-6-11-17)14-7-4-3-5-8-14;/h3-5,7-8H,6,9-13H2,1-2H3,(H2,18,19,20);1H. The molecule has 128 valence electrons. The minimum absolute atomic E-state index is 0. The van der Waals surface area contributed by atoms with Crippen LogP contribution in [0.2, 0.25) is 0 Å². The summed E-state index contributed by atoms with van der Waals surface area (Å²) in [5, 5.41) is 6.53. The molecule has 2 N–H and O–H groups in total. The van der Waals surface area contributed by atoms with Crippen molar-refractivity contribution < 1.29 is 9.53 Å². The number of carbonyl (C=O) groups excluding carboxylic acids is 1. The highest BCUT2D eigenvalue weighted by molar-refractivity contribution is 14.0. The number of rotatable bonds is 6. The number of methoxy groups -OCH3 is 1. The second-order valence-corrected chi connectivity index (χ2v) is 5.68. The molecule has 6 heteroatoms. The monoisotopic (exact) mass is 431 g/mol. The highest BCUT2D eigenvalue weighted by Crippen LogP contribution is 2.43. The molecule has 0 aromatic heterocycles. The summed E-state index contributed by atoms with van der Waals surface area (Å²) in [6.07, 6.45) is 4.00. The molecule has 1 aromatic rings. The Hall–Kier alpha value is -1.31. The average Bonchev–Trinajstić information content (AvgIpc) is 2.52. The zero-order valence-electron chi connectivity index (χ0n) is 13.8. The molecule has 5 nitrogen and oxygen atoms in total. The van der Waals surface area contributed by atoms with E-state index in [1.54, 1.807) is 7.05 Å². The Balaban J connectivity index is 0.00000264. The van der Waals surface area contributed by atoms with Crippen LogP contribution in [0.15, 0.2) is 35.3 Å². The zero-order chi connectivity index (χ0) is 15.8. The lowest BCUT2D eigenvalue weighted by Crippen LogP contribution is -2.49. The lowest BCUT2D eigenvalue weighted by molar-refractivity contribution is -0.140. The van der Waals surface area contributed by atoms with Gasteiger partial charge >= 0.3 is 5.97 Å². The van der Waals surface area contributed by atoms with Crippen molar-refractivity contribution in [3.8, 4) is 0 Å². The van der Waals surface area contributed by atoms with Crippen LogP contribution in [0, 0.1) is 0 Å². The molecule has 0 bridgehead atoms. The van der Waals surface area contributed by atoms with E-state index in [-0.39, 0.29) is 35.4 Å². The molecular weight excluding hydrogens is 405 g/mol. The average molecular weight is 431 g/mol. The minimum Gasteiger partial charge on any atom is -0.469 e. The first-order chi connectivity index (χ1) is 10.7. The predicted molar refractivity (Wildman–Crippen MR) is 103 cm³/mol. The van der Waals surface area contributed by atoms with Gasteiger partial charge in [-0.15, -0.1) is 24.0 Å². The van der Waals surface area contributed by atoms with Gasteiger partial charge < -0.3 is 15.4 Å². The summed E-state index contributed by atoms with van der Waals surface area (Å²) >= 11 is 0. The maximum atomic E-state index is 11.1. The van der Waals surface area contributed by atoms with Crippen molar-refractivity contribution in [2.45, 2.75) is 31.1 Å². The molecule has 1 aliphatic carbocycles. The normalized spacial score (nSPS) is 15.8. The quantitative estimate of drug-likeness (QED) is 0.315. The largest absolute Gasteiger partial charge is 0.469 e. The van der Waals surface area contributed by atoms with Gasteiger partial charge in [-0.1, -0.05) is 36.8 Å². The second kappa shape index (κ2) is 9.75. The number of hydrogen-bond donors (Lipinski definition) is 2. The van der Waals surface area contributed by atoms with Crippen LogP contribution < -0.4 is 10.6 Å². The summed E-state index contributed by atoms with van der Waals surface area (Å²) in [5.41, 5.74) is 1.60. The van der Waals surface area contributed by atoms with Crippen LogP contribution in [0.3, 0.4) is 0 Å². The summed E-state index contributed by atoms with van der Waals surface area (Å²) in [6, 6.07) is 10.6. The van der Waals surface area contributed by atoms with E-state index in [4.69, 9.17) is 0 Å². The molecule has 0 radical (unpaired) electrons. The number of ether oxygens (including phenoxy) is 1. The smallest absolute Gasteiger partial charge is 0.307 e. The number of guanidine groups is 1. The van der Waals surface area contributed by atoms with Crippen LogP contribution in [-0.4, -0.2) is 39.2 Å². The number of hydrogen-bond acceptors (Lipinski definition) is 3. The molecule has 0 amide bonds. The van der Waals surface area contributed by atoms with E-state index in [1.807, 2.05) is 0 Å². The van der Waals surface area contributed by atoms with E-state index >= 15 is 0 Å². The minimum atomic E-state index is -0.220. The first-order valence-electron chi connectivity index (χ1n) is 7.77. The molecule has 1 fully saturated rings. The van der Waals surface area contributed by atoms with Gasteiger partial charge in [0.2, 0.25) is 0 Å². The number of nitrogens with zero attached hydrogens (tertiary/aromatic N) is 1. The van der Waals surface area contributed by atoms with Gasteiger partial charge in [-0.05, 0) is 18.4 Å². The van der Waals surface area contributed by atoms with E-state index in [9.17, 15) is 4.79 Å². The Morgan fingerprint density at radius 2 is 1.96 bits per heavy atom.